The standard InChI is InChI=1S/C11H21N3O/c1-3-5-12-8-11(15)13-7-10-4-6-14(2)9-10/h3,10,12H,1,4-9H2,2H3,(H,13,15). The van der Waals surface area contributed by atoms with E-state index in [2.05, 4.69) is 29.2 Å². The Morgan fingerprint density at radius 2 is 2.47 bits per heavy atom. The van der Waals surface area contributed by atoms with Gasteiger partial charge in [-0.2, -0.15) is 0 Å². The van der Waals surface area contributed by atoms with Crippen molar-refractivity contribution in [2.45, 2.75) is 6.42 Å². The average molecular weight is 211 g/mol. The lowest BCUT2D eigenvalue weighted by Crippen LogP contribution is -2.37. The smallest absolute Gasteiger partial charge is 0.233 e. The summed E-state index contributed by atoms with van der Waals surface area (Å²) in [6.07, 6.45) is 2.94. The molecule has 2 N–H and O–H groups in total. The molecular formula is C11H21N3O. The van der Waals surface area contributed by atoms with Gasteiger partial charge in [-0.05, 0) is 25.9 Å². The summed E-state index contributed by atoms with van der Waals surface area (Å²) in [6, 6.07) is 0. The molecule has 4 nitrogen and oxygen atoms in total. The first-order valence-corrected chi connectivity index (χ1v) is 5.49. The first-order valence-electron chi connectivity index (χ1n) is 5.49. The van der Waals surface area contributed by atoms with Gasteiger partial charge in [0.15, 0.2) is 0 Å². The average Bonchev–Trinajstić information content (AvgIpc) is 2.62. The Morgan fingerprint density at radius 1 is 1.67 bits per heavy atom. The third-order valence-corrected chi connectivity index (χ3v) is 2.65. The highest BCUT2D eigenvalue weighted by Crippen LogP contribution is 2.12. The van der Waals surface area contributed by atoms with E-state index in [0.29, 0.717) is 19.0 Å². The second-order valence-electron chi connectivity index (χ2n) is 4.14. The van der Waals surface area contributed by atoms with Crippen molar-refractivity contribution in [1.29, 1.82) is 0 Å². The third-order valence-electron chi connectivity index (χ3n) is 2.65. The molecule has 4 heteroatoms. The molecule has 1 rings (SSSR count). The van der Waals surface area contributed by atoms with Crippen molar-refractivity contribution in [3.63, 3.8) is 0 Å². The maximum absolute atomic E-state index is 11.3. The predicted octanol–water partition coefficient (Wildman–Crippen LogP) is -0.170. The molecule has 86 valence electrons. The van der Waals surface area contributed by atoms with E-state index < -0.39 is 0 Å². The van der Waals surface area contributed by atoms with E-state index in [0.717, 1.165) is 19.6 Å². The highest BCUT2D eigenvalue weighted by atomic mass is 16.1. The number of hydrogen-bond acceptors (Lipinski definition) is 3. The van der Waals surface area contributed by atoms with Crippen LogP contribution in [0.3, 0.4) is 0 Å². The van der Waals surface area contributed by atoms with Crippen LogP contribution in [0.25, 0.3) is 0 Å². The fourth-order valence-electron chi connectivity index (χ4n) is 1.80. The van der Waals surface area contributed by atoms with Gasteiger partial charge in [-0.15, -0.1) is 6.58 Å². The van der Waals surface area contributed by atoms with Crippen LogP contribution in [0.15, 0.2) is 12.7 Å². The lowest BCUT2D eigenvalue weighted by Gasteiger charge is -2.11. The summed E-state index contributed by atoms with van der Waals surface area (Å²) in [5.41, 5.74) is 0. The second-order valence-corrected chi connectivity index (χ2v) is 4.14. The molecule has 0 aromatic rings. The van der Waals surface area contributed by atoms with E-state index in [-0.39, 0.29) is 5.91 Å². The van der Waals surface area contributed by atoms with E-state index in [1.54, 1.807) is 6.08 Å². The summed E-state index contributed by atoms with van der Waals surface area (Å²) in [5, 5.41) is 5.92. The van der Waals surface area contributed by atoms with Crippen LogP contribution in [0, 0.1) is 5.92 Å². The van der Waals surface area contributed by atoms with Crippen molar-refractivity contribution in [1.82, 2.24) is 15.5 Å². The van der Waals surface area contributed by atoms with Gasteiger partial charge in [-0.3, -0.25) is 4.79 Å². The van der Waals surface area contributed by atoms with Crippen LogP contribution < -0.4 is 10.6 Å². The summed E-state index contributed by atoms with van der Waals surface area (Å²) >= 11 is 0. The first-order chi connectivity index (χ1) is 7.22. The van der Waals surface area contributed by atoms with Crippen LogP contribution in [-0.4, -0.2) is 50.6 Å². The number of carbonyl (C=O) groups is 1. The molecule has 1 amide bonds. The third kappa shape index (κ3) is 4.95. The van der Waals surface area contributed by atoms with Crippen LogP contribution in [0.5, 0.6) is 0 Å². The number of carbonyl (C=O) groups excluding carboxylic acids is 1. The SMILES string of the molecule is C=CCNCC(=O)NCC1CCN(C)C1. The fourth-order valence-corrected chi connectivity index (χ4v) is 1.80. The molecule has 0 spiro atoms. The van der Waals surface area contributed by atoms with E-state index in [4.69, 9.17) is 0 Å². The maximum Gasteiger partial charge on any atom is 0.233 e. The minimum atomic E-state index is 0.0754. The van der Waals surface area contributed by atoms with Crippen LogP contribution in [0.4, 0.5) is 0 Å². The summed E-state index contributed by atoms with van der Waals surface area (Å²) in [4.78, 5) is 13.6. The molecule has 1 heterocycles. The van der Waals surface area contributed by atoms with Crippen molar-refractivity contribution in [2.24, 2.45) is 5.92 Å². The lowest BCUT2D eigenvalue weighted by atomic mass is 10.1. The van der Waals surface area contributed by atoms with Gasteiger partial charge >= 0.3 is 0 Å². The molecule has 0 bridgehead atoms. The maximum atomic E-state index is 11.3. The van der Waals surface area contributed by atoms with Gasteiger partial charge in [-0.1, -0.05) is 6.08 Å². The number of rotatable bonds is 6. The Hall–Kier alpha value is -0.870. The van der Waals surface area contributed by atoms with Crippen LogP contribution in [0.1, 0.15) is 6.42 Å². The Bertz CT molecular complexity index is 218. The van der Waals surface area contributed by atoms with E-state index in [1.165, 1.54) is 6.42 Å². The van der Waals surface area contributed by atoms with Crippen molar-refractivity contribution < 1.29 is 4.79 Å². The molecule has 1 aliphatic heterocycles. The fraction of sp³-hybridized carbons (Fsp3) is 0.727. The molecule has 0 radical (unpaired) electrons. The highest BCUT2D eigenvalue weighted by Gasteiger charge is 2.19. The second kappa shape index (κ2) is 6.58. The Morgan fingerprint density at radius 3 is 3.07 bits per heavy atom. The van der Waals surface area contributed by atoms with Gasteiger partial charge < -0.3 is 15.5 Å². The van der Waals surface area contributed by atoms with E-state index in [9.17, 15) is 4.79 Å². The molecule has 0 aromatic heterocycles. The molecule has 0 aromatic carbocycles. The molecule has 1 saturated heterocycles. The first kappa shape index (κ1) is 12.2. The van der Waals surface area contributed by atoms with Gasteiger partial charge in [0, 0.05) is 19.6 Å². The number of amides is 1. The zero-order chi connectivity index (χ0) is 11.1. The minimum absolute atomic E-state index is 0.0754. The zero-order valence-electron chi connectivity index (χ0n) is 9.46. The molecule has 0 saturated carbocycles. The molecule has 1 fully saturated rings. The Balaban J connectivity index is 2.03. The largest absolute Gasteiger partial charge is 0.355 e. The van der Waals surface area contributed by atoms with Crippen LogP contribution >= 0.6 is 0 Å². The van der Waals surface area contributed by atoms with Gasteiger partial charge in [0.1, 0.15) is 0 Å². The number of hydrogen-bond donors (Lipinski definition) is 2. The van der Waals surface area contributed by atoms with E-state index in [1.807, 2.05) is 0 Å². The molecular weight excluding hydrogens is 190 g/mol. The van der Waals surface area contributed by atoms with Crippen molar-refractivity contribution >= 4 is 5.91 Å². The van der Waals surface area contributed by atoms with Crippen LogP contribution in [0.2, 0.25) is 0 Å². The van der Waals surface area contributed by atoms with Gasteiger partial charge in [0.05, 0.1) is 6.54 Å². The summed E-state index contributed by atoms with van der Waals surface area (Å²) in [5.74, 6) is 0.699. The topological polar surface area (TPSA) is 44.4 Å². The monoisotopic (exact) mass is 211 g/mol. The normalized spacial score (nSPS) is 21.5. The highest BCUT2D eigenvalue weighted by molar-refractivity contribution is 5.77. The van der Waals surface area contributed by atoms with Gasteiger partial charge in [0.2, 0.25) is 5.91 Å². The minimum Gasteiger partial charge on any atom is -0.355 e. The Kier molecular flexibility index (Phi) is 5.36. The van der Waals surface area contributed by atoms with Gasteiger partial charge in [0.25, 0.3) is 0 Å². The molecule has 15 heavy (non-hydrogen) atoms. The Labute approximate surface area is 91.7 Å². The van der Waals surface area contributed by atoms with E-state index >= 15 is 0 Å². The quantitative estimate of drug-likeness (QED) is 0.473. The van der Waals surface area contributed by atoms with Gasteiger partial charge in [-0.25, -0.2) is 0 Å². The summed E-state index contributed by atoms with van der Waals surface area (Å²) < 4.78 is 0. The number of nitrogens with one attached hydrogen (secondary N) is 2. The molecule has 1 aliphatic rings. The molecule has 0 aliphatic carbocycles. The number of nitrogens with zero attached hydrogens (tertiary/aromatic N) is 1. The molecule has 1 unspecified atom stereocenters. The summed E-state index contributed by atoms with van der Waals surface area (Å²) in [6.45, 7) is 7.69. The lowest BCUT2D eigenvalue weighted by molar-refractivity contribution is -0.120. The zero-order valence-corrected chi connectivity index (χ0v) is 9.46. The van der Waals surface area contributed by atoms with Crippen molar-refractivity contribution in [3.8, 4) is 0 Å². The summed E-state index contributed by atoms with van der Waals surface area (Å²) in [7, 11) is 2.12. The predicted molar refractivity (Wildman–Crippen MR) is 61.7 cm³/mol. The molecule has 1 atom stereocenters. The van der Waals surface area contributed by atoms with Crippen molar-refractivity contribution in [2.75, 3.05) is 39.8 Å². The van der Waals surface area contributed by atoms with Crippen LogP contribution in [-0.2, 0) is 4.79 Å². The van der Waals surface area contributed by atoms with Crippen molar-refractivity contribution in [3.05, 3.63) is 12.7 Å². The number of likely N-dealkylation sites (tertiary alicyclic amines) is 1.